The maximum absolute atomic E-state index is 6.94. The van der Waals surface area contributed by atoms with Crippen molar-refractivity contribution in [3.8, 4) is 56.8 Å². The van der Waals surface area contributed by atoms with Crippen molar-refractivity contribution in [3.63, 3.8) is 0 Å². The third kappa shape index (κ3) is 4.92. The molecule has 8 aromatic carbocycles. The smallest absolute Gasteiger partial charge is 0.244 e. The molecule has 292 valence electrons. The molecule has 6 nitrogen and oxygen atoms in total. The van der Waals surface area contributed by atoms with Crippen LogP contribution in [0.4, 0.5) is 0 Å². The van der Waals surface area contributed by atoms with Crippen LogP contribution in [-0.4, -0.2) is 14.1 Å². The molecule has 1 spiro atoms. The predicted octanol–water partition coefficient (Wildman–Crippen LogP) is 12.7. The van der Waals surface area contributed by atoms with Gasteiger partial charge in [-0.25, -0.2) is 4.98 Å². The molecule has 2 aliphatic heterocycles. The van der Waals surface area contributed by atoms with Gasteiger partial charge in [0.25, 0.3) is 0 Å². The van der Waals surface area contributed by atoms with E-state index in [0.29, 0.717) is 0 Å². The van der Waals surface area contributed by atoms with Gasteiger partial charge in [0.1, 0.15) is 28.8 Å². The molecule has 5 heterocycles. The van der Waals surface area contributed by atoms with Crippen molar-refractivity contribution >= 4 is 32.8 Å². The Hall–Kier alpha value is -8.22. The molecule has 0 fully saturated rings. The van der Waals surface area contributed by atoms with E-state index in [2.05, 4.69) is 203 Å². The number of hydrogen-bond acceptors (Lipinski definition) is 3. The Morgan fingerprint density at radius 1 is 0.532 bits per heavy atom. The lowest BCUT2D eigenvalue weighted by molar-refractivity contribution is -0.649. The predicted molar refractivity (Wildman–Crippen MR) is 245 cm³/mol. The molecular weight excluding hydrogens is 761 g/mol. The van der Waals surface area contributed by atoms with E-state index < -0.39 is 5.41 Å². The Labute approximate surface area is 357 Å². The van der Waals surface area contributed by atoms with Gasteiger partial charge in [-0.15, -0.1) is 0 Å². The normalized spacial score (nSPS) is 13.2. The van der Waals surface area contributed by atoms with E-state index in [0.717, 1.165) is 101 Å². The molecule has 0 N–H and O–H groups in total. The van der Waals surface area contributed by atoms with Crippen LogP contribution in [0.1, 0.15) is 22.3 Å². The van der Waals surface area contributed by atoms with Crippen molar-refractivity contribution in [2.75, 3.05) is 0 Å². The van der Waals surface area contributed by atoms with Gasteiger partial charge in [0, 0.05) is 34.2 Å². The minimum atomic E-state index is -0.774. The maximum Gasteiger partial charge on any atom is 0.244 e. The highest BCUT2D eigenvalue weighted by atomic mass is 16.5. The second kappa shape index (κ2) is 13.1. The Morgan fingerprint density at radius 3 is 1.92 bits per heavy atom. The average molecular weight is 797 g/mol. The largest absolute Gasteiger partial charge is 0.458 e. The van der Waals surface area contributed by atoms with Crippen LogP contribution >= 0.6 is 0 Å². The monoisotopic (exact) mass is 796 g/mol. The van der Waals surface area contributed by atoms with E-state index in [4.69, 9.17) is 14.5 Å². The number of aryl methyl sites for hydroxylation is 1. The van der Waals surface area contributed by atoms with Gasteiger partial charge in [0.05, 0.1) is 40.2 Å². The molecule has 0 saturated heterocycles. The summed E-state index contributed by atoms with van der Waals surface area (Å²) in [5.41, 5.74) is 13.5. The van der Waals surface area contributed by atoms with Crippen molar-refractivity contribution in [1.82, 2.24) is 14.1 Å². The quantitative estimate of drug-likeness (QED) is 0.129. The van der Waals surface area contributed by atoms with Crippen molar-refractivity contribution in [2.45, 2.75) is 5.41 Å². The Morgan fingerprint density at radius 2 is 1.19 bits per heavy atom. The summed E-state index contributed by atoms with van der Waals surface area (Å²) in [5, 5.41) is 2.31. The molecule has 0 amide bonds. The second-order valence-corrected chi connectivity index (χ2v) is 16.2. The molecule has 0 saturated carbocycles. The molecule has 0 unspecified atom stereocenters. The first-order valence-corrected chi connectivity index (χ1v) is 20.9. The number of rotatable bonds is 5. The summed E-state index contributed by atoms with van der Waals surface area (Å²) in [6.07, 6.45) is 5.52. The first kappa shape index (κ1) is 34.6. The van der Waals surface area contributed by atoms with E-state index in [1.54, 1.807) is 0 Å². The Bertz CT molecular complexity index is 3500. The number of aromatic nitrogens is 4. The minimum Gasteiger partial charge on any atom is -0.458 e. The van der Waals surface area contributed by atoms with Crippen LogP contribution in [0.2, 0.25) is 0 Å². The van der Waals surface area contributed by atoms with Gasteiger partial charge in [-0.05, 0) is 100 Å². The van der Waals surface area contributed by atoms with Crippen LogP contribution in [0.25, 0.3) is 66.6 Å². The molecule has 3 aromatic heterocycles. The highest BCUT2D eigenvalue weighted by molar-refractivity contribution is 6.09. The molecule has 0 bridgehead atoms. The topological polar surface area (TPSA) is 45.1 Å². The first-order valence-electron chi connectivity index (χ1n) is 20.9. The van der Waals surface area contributed by atoms with Crippen molar-refractivity contribution in [1.29, 1.82) is 0 Å². The zero-order chi connectivity index (χ0) is 40.9. The summed E-state index contributed by atoms with van der Waals surface area (Å²) < 4.78 is 20.4. The number of ether oxygens (including phenoxy) is 2. The van der Waals surface area contributed by atoms with Crippen LogP contribution in [-0.2, 0) is 12.5 Å². The molecule has 0 atom stereocenters. The number of imidazole rings is 1. The third-order valence-electron chi connectivity index (χ3n) is 12.8. The SMILES string of the molecule is C[n+]1[c-]n2c3c(cccc31)C1(c3cc(-c4ccccc4)ccc3Oc3ccc(-c4ccccc4)cc31)c1ccc(Oc3ccc4c5ccccc5n(-c5ccccn5)c4c3)cc1-2. The Kier molecular flexibility index (Phi) is 7.34. The van der Waals surface area contributed by atoms with Gasteiger partial charge in [0.15, 0.2) is 0 Å². The van der Waals surface area contributed by atoms with Gasteiger partial charge in [0.2, 0.25) is 6.33 Å². The summed E-state index contributed by atoms with van der Waals surface area (Å²) in [7, 11) is 2.07. The number of fused-ring (bicyclic) bond motifs is 11. The number of benzene rings is 8. The van der Waals surface area contributed by atoms with E-state index in [1.165, 1.54) is 10.9 Å². The van der Waals surface area contributed by atoms with Crippen LogP contribution < -0.4 is 14.0 Å². The summed E-state index contributed by atoms with van der Waals surface area (Å²) in [6.45, 7) is 0. The third-order valence-corrected chi connectivity index (χ3v) is 12.8. The fraction of sp³-hybridized carbons (Fsp3) is 0.0357. The van der Waals surface area contributed by atoms with Crippen LogP contribution in [0.15, 0.2) is 200 Å². The summed E-state index contributed by atoms with van der Waals surface area (Å²) in [5.74, 6) is 3.98. The summed E-state index contributed by atoms with van der Waals surface area (Å²) in [6, 6.07) is 68.6. The van der Waals surface area contributed by atoms with E-state index in [9.17, 15) is 0 Å². The maximum atomic E-state index is 6.94. The van der Waals surface area contributed by atoms with Gasteiger partial charge in [-0.3, -0.25) is 4.57 Å². The summed E-state index contributed by atoms with van der Waals surface area (Å²) >= 11 is 0. The highest BCUT2D eigenvalue weighted by Crippen LogP contribution is 2.60. The first-order chi connectivity index (χ1) is 30.6. The van der Waals surface area contributed by atoms with Gasteiger partial charge in [-0.2, -0.15) is 0 Å². The molecule has 0 aliphatic carbocycles. The molecule has 13 rings (SSSR count). The van der Waals surface area contributed by atoms with Crippen LogP contribution in [0.3, 0.4) is 0 Å². The van der Waals surface area contributed by atoms with E-state index >= 15 is 0 Å². The lowest BCUT2D eigenvalue weighted by Gasteiger charge is -2.46. The number of pyridine rings is 1. The van der Waals surface area contributed by atoms with Gasteiger partial charge < -0.3 is 18.6 Å². The zero-order valence-corrected chi connectivity index (χ0v) is 33.7. The minimum absolute atomic E-state index is 0.722. The summed E-state index contributed by atoms with van der Waals surface area (Å²) in [4.78, 5) is 4.75. The van der Waals surface area contributed by atoms with Gasteiger partial charge in [-0.1, -0.05) is 121 Å². The fourth-order valence-electron chi connectivity index (χ4n) is 10.2. The van der Waals surface area contributed by atoms with Crippen molar-refractivity contribution in [3.05, 3.63) is 229 Å². The van der Waals surface area contributed by atoms with Gasteiger partial charge >= 0.3 is 0 Å². The Balaban J connectivity index is 1.06. The molecule has 11 aromatic rings. The van der Waals surface area contributed by atoms with E-state index in [1.807, 2.05) is 24.4 Å². The van der Waals surface area contributed by atoms with E-state index in [-0.39, 0.29) is 0 Å². The number of hydrogen-bond donors (Lipinski definition) is 0. The van der Waals surface area contributed by atoms with Crippen LogP contribution in [0.5, 0.6) is 23.0 Å². The molecule has 0 radical (unpaired) electrons. The molecule has 6 heteroatoms. The molecule has 62 heavy (non-hydrogen) atoms. The second-order valence-electron chi connectivity index (χ2n) is 16.2. The fourth-order valence-corrected chi connectivity index (χ4v) is 10.2. The van der Waals surface area contributed by atoms with Crippen molar-refractivity contribution in [2.24, 2.45) is 7.05 Å². The van der Waals surface area contributed by atoms with Crippen LogP contribution in [0, 0.1) is 6.33 Å². The molecular formula is C56H36N4O2. The number of para-hydroxylation sites is 2. The zero-order valence-electron chi connectivity index (χ0n) is 33.7. The number of nitrogens with zero attached hydrogens (tertiary/aromatic N) is 4. The lowest BCUT2D eigenvalue weighted by atomic mass is 9.61. The standard InChI is InChI=1S/C56H36N4O2/c1-58-35-59-51-34-41(61-40-24-26-43-42-17-8-9-19-48(42)60(50(43)33-40)54-21-10-11-30-57-54)25-27-44(51)56(45-18-12-20-49(58)55(45)59)46-31-38(36-13-4-2-5-14-36)22-28-52(46)62-53-29-23-39(32-47(53)56)37-15-6-3-7-16-37/h2-34H,1H3. The van der Waals surface area contributed by atoms with Crippen molar-refractivity contribution < 1.29 is 14.0 Å². The average Bonchev–Trinajstić information content (AvgIpc) is 3.85. The lowest BCUT2D eigenvalue weighted by Crippen LogP contribution is -2.38. The highest BCUT2D eigenvalue weighted by Gasteiger charge is 2.49. The molecule has 2 aliphatic rings.